The molecule has 2 N–H and O–H groups in total. The lowest BCUT2D eigenvalue weighted by Gasteiger charge is -2.46. The van der Waals surface area contributed by atoms with Crippen LogP contribution in [0.25, 0.3) is 0 Å². The van der Waals surface area contributed by atoms with Crippen molar-refractivity contribution in [2.45, 2.75) is 43.3 Å². The number of esters is 1. The standard InChI is InChI=1S/C30H26FNO5/c1-36-26-11-8-22(31)17-25(26)29(13-5-14-29)19-30(35,15-12-20-6-3-2-4-7-20)28(34)32-23-9-10-24-21(16-23)18-37-27(24)33/h2-4,6-11,16-17,35H,5,13-14,18-19H2,1H3,(H,32,34). The Morgan fingerprint density at radius 3 is 2.65 bits per heavy atom. The molecular weight excluding hydrogens is 473 g/mol. The molecule has 7 heteroatoms. The van der Waals surface area contributed by atoms with Gasteiger partial charge in [0, 0.05) is 34.2 Å². The number of anilines is 1. The first kappa shape index (κ1) is 24.5. The number of ether oxygens (including phenoxy) is 2. The van der Waals surface area contributed by atoms with Crippen molar-refractivity contribution in [2.75, 3.05) is 12.4 Å². The molecule has 37 heavy (non-hydrogen) atoms. The maximum Gasteiger partial charge on any atom is 0.338 e. The number of benzene rings is 3. The second-order valence-corrected chi connectivity index (χ2v) is 9.53. The van der Waals surface area contributed by atoms with Crippen molar-refractivity contribution in [3.63, 3.8) is 0 Å². The fourth-order valence-electron chi connectivity index (χ4n) is 5.05. The van der Waals surface area contributed by atoms with Crippen molar-refractivity contribution in [2.24, 2.45) is 0 Å². The van der Waals surface area contributed by atoms with Crippen LogP contribution in [-0.2, 0) is 21.6 Å². The second kappa shape index (κ2) is 9.72. The number of cyclic esters (lactones) is 1. The first-order valence-corrected chi connectivity index (χ1v) is 12.1. The molecule has 1 amide bonds. The van der Waals surface area contributed by atoms with Crippen molar-refractivity contribution in [1.82, 2.24) is 0 Å². The molecule has 0 spiro atoms. The molecule has 3 aromatic carbocycles. The summed E-state index contributed by atoms with van der Waals surface area (Å²) in [5.41, 5.74) is -0.0179. The van der Waals surface area contributed by atoms with Gasteiger partial charge in [0.25, 0.3) is 5.91 Å². The van der Waals surface area contributed by atoms with E-state index in [1.807, 2.05) is 18.2 Å². The molecule has 188 valence electrons. The average molecular weight is 500 g/mol. The van der Waals surface area contributed by atoms with Crippen LogP contribution in [0.1, 0.15) is 52.7 Å². The lowest BCUT2D eigenvalue weighted by Crippen LogP contribution is -2.50. The SMILES string of the molecule is COc1ccc(F)cc1C1(CC(O)(C#Cc2ccccc2)C(=O)Nc2ccc3c(c2)COC3=O)CCC1. The maximum absolute atomic E-state index is 14.3. The molecule has 1 heterocycles. The number of halogens is 1. The maximum atomic E-state index is 14.3. The van der Waals surface area contributed by atoms with Crippen LogP contribution in [0.15, 0.2) is 66.7 Å². The van der Waals surface area contributed by atoms with Gasteiger partial charge < -0.3 is 19.9 Å². The zero-order chi connectivity index (χ0) is 26.0. The number of carbonyl (C=O) groups excluding carboxylic acids is 2. The van der Waals surface area contributed by atoms with Crippen LogP contribution < -0.4 is 10.1 Å². The Balaban J connectivity index is 1.51. The number of hydrogen-bond donors (Lipinski definition) is 2. The van der Waals surface area contributed by atoms with Gasteiger partial charge in [-0.1, -0.05) is 36.5 Å². The molecule has 5 rings (SSSR count). The van der Waals surface area contributed by atoms with Crippen molar-refractivity contribution in [3.05, 3.63) is 94.8 Å². The topological polar surface area (TPSA) is 84.9 Å². The number of amides is 1. The number of rotatable bonds is 6. The molecule has 2 aliphatic rings. The van der Waals surface area contributed by atoms with Crippen LogP contribution in [0.4, 0.5) is 10.1 Å². The predicted molar refractivity (Wildman–Crippen MR) is 136 cm³/mol. The van der Waals surface area contributed by atoms with E-state index in [9.17, 15) is 19.1 Å². The minimum absolute atomic E-state index is 0.0436. The molecule has 0 aromatic heterocycles. The van der Waals surface area contributed by atoms with Gasteiger partial charge in [-0.05, 0) is 61.4 Å². The second-order valence-electron chi connectivity index (χ2n) is 9.53. The summed E-state index contributed by atoms with van der Waals surface area (Å²) in [6, 6.07) is 18.2. The summed E-state index contributed by atoms with van der Waals surface area (Å²) in [5.74, 6) is 4.72. The van der Waals surface area contributed by atoms with Gasteiger partial charge in [-0.25, -0.2) is 9.18 Å². The van der Waals surface area contributed by atoms with Gasteiger partial charge in [-0.3, -0.25) is 4.79 Å². The predicted octanol–water partition coefficient (Wildman–Crippen LogP) is 4.74. The molecule has 1 aliphatic heterocycles. The lowest BCUT2D eigenvalue weighted by molar-refractivity contribution is -0.131. The van der Waals surface area contributed by atoms with Gasteiger partial charge in [-0.2, -0.15) is 0 Å². The van der Waals surface area contributed by atoms with Gasteiger partial charge >= 0.3 is 5.97 Å². The highest BCUT2D eigenvalue weighted by Gasteiger charge is 2.49. The monoisotopic (exact) mass is 499 g/mol. The van der Waals surface area contributed by atoms with E-state index in [1.165, 1.54) is 19.2 Å². The van der Waals surface area contributed by atoms with Gasteiger partial charge in [0.05, 0.1) is 12.7 Å². The summed E-state index contributed by atoms with van der Waals surface area (Å²) < 4.78 is 24.8. The average Bonchev–Trinajstić information content (AvgIpc) is 3.25. The Bertz CT molecular complexity index is 1420. The van der Waals surface area contributed by atoms with Gasteiger partial charge in [0.1, 0.15) is 18.2 Å². The van der Waals surface area contributed by atoms with E-state index < -0.39 is 28.7 Å². The Hall–Kier alpha value is -4.15. The van der Waals surface area contributed by atoms with E-state index in [-0.39, 0.29) is 13.0 Å². The quantitative estimate of drug-likeness (QED) is 0.378. The molecule has 1 fully saturated rings. The summed E-state index contributed by atoms with van der Waals surface area (Å²) in [4.78, 5) is 25.4. The summed E-state index contributed by atoms with van der Waals surface area (Å²) in [6.45, 7) is 0.123. The third-order valence-electron chi connectivity index (χ3n) is 7.14. The van der Waals surface area contributed by atoms with Gasteiger partial charge in [0.15, 0.2) is 0 Å². The molecule has 0 saturated heterocycles. The normalized spacial score (nSPS) is 16.8. The largest absolute Gasteiger partial charge is 0.496 e. The molecule has 0 radical (unpaired) electrons. The Kier molecular flexibility index (Phi) is 6.45. The van der Waals surface area contributed by atoms with Gasteiger partial charge in [0.2, 0.25) is 5.60 Å². The number of fused-ring (bicyclic) bond motifs is 1. The number of hydrogen-bond acceptors (Lipinski definition) is 5. The number of carbonyl (C=O) groups is 2. The highest BCUT2D eigenvalue weighted by Crippen LogP contribution is 2.52. The van der Waals surface area contributed by atoms with E-state index in [0.29, 0.717) is 46.5 Å². The zero-order valence-electron chi connectivity index (χ0n) is 20.3. The fraction of sp³-hybridized carbons (Fsp3) is 0.267. The van der Waals surface area contributed by atoms with Crippen molar-refractivity contribution in [3.8, 4) is 17.6 Å². The van der Waals surface area contributed by atoms with Crippen LogP contribution >= 0.6 is 0 Å². The van der Waals surface area contributed by atoms with E-state index >= 15 is 0 Å². The van der Waals surface area contributed by atoms with Crippen molar-refractivity contribution < 1.29 is 28.6 Å². The number of aliphatic hydroxyl groups is 1. The summed E-state index contributed by atoms with van der Waals surface area (Å²) in [5, 5.41) is 14.6. The minimum atomic E-state index is -2.10. The van der Waals surface area contributed by atoms with E-state index in [4.69, 9.17) is 9.47 Å². The lowest BCUT2D eigenvalue weighted by atomic mass is 9.59. The summed E-state index contributed by atoms with van der Waals surface area (Å²) in [7, 11) is 1.51. The first-order valence-electron chi connectivity index (χ1n) is 12.1. The molecule has 1 saturated carbocycles. The first-order chi connectivity index (χ1) is 17.8. The van der Waals surface area contributed by atoms with E-state index in [1.54, 1.807) is 36.4 Å². The molecule has 1 atom stereocenters. The third-order valence-corrected chi connectivity index (χ3v) is 7.14. The highest BCUT2D eigenvalue weighted by molar-refractivity contribution is 6.01. The molecule has 1 unspecified atom stereocenters. The van der Waals surface area contributed by atoms with Crippen LogP contribution in [0.5, 0.6) is 5.75 Å². The smallest absolute Gasteiger partial charge is 0.338 e. The van der Waals surface area contributed by atoms with Crippen LogP contribution in [0.2, 0.25) is 0 Å². The molecule has 6 nitrogen and oxygen atoms in total. The Labute approximate surface area is 214 Å². The van der Waals surface area contributed by atoms with Crippen LogP contribution in [-0.4, -0.2) is 29.7 Å². The molecule has 1 aliphatic carbocycles. The van der Waals surface area contributed by atoms with Crippen molar-refractivity contribution >= 4 is 17.6 Å². The highest BCUT2D eigenvalue weighted by atomic mass is 19.1. The zero-order valence-corrected chi connectivity index (χ0v) is 20.3. The summed E-state index contributed by atoms with van der Waals surface area (Å²) >= 11 is 0. The van der Waals surface area contributed by atoms with Crippen LogP contribution in [0.3, 0.4) is 0 Å². The number of methoxy groups -OCH3 is 1. The summed E-state index contributed by atoms with van der Waals surface area (Å²) in [6.07, 6.45) is 2.11. The molecule has 3 aromatic rings. The third kappa shape index (κ3) is 4.81. The van der Waals surface area contributed by atoms with E-state index in [0.717, 1.165) is 6.42 Å². The van der Waals surface area contributed by atoms with Gasteiger partial charge in [-0.15, -0.1) is 0 Å². The van der Waals surface area contributed by atoms with E-state index in [2.05, 4.69) is 17.2 Å². The van der Waals surface area contributed by atoms with Crippen molar-refractivity contribution in [1.29, 1.82) is 0 Å². The van der Waals surface area contributed by atoms with Crippen LogP contribution in [0, 0.1) is 17.7 Å². The molecule has 0 bridgehead atoms. The Morgan fingerprint density at radius 2 is 1.95 bits per heavy atom. The minimum Gasteiger partial charge on any atom is -0.496 e. The fourth-order valence-corrected chi connectivity index (χ4v) is 5.05. The molecular formula is C30H26FNO5. The Morgan fingerprint density at radius 1 is 1.16 bits per heavy atom. The number of nitrogens with one attached hydrogen (secondary N) is 1.